The summed E-state index contributed by atoms with van der Waals surface area (Å²) in [4.78, 5) is 25.2. The van der Waals surface area contributed by atoms with E-state index in [2.05, 4.69) is 21.2 Å². The molecule has 20 heavy (non-hydrogen) atoms. The number of piperidine rings is 1. The molecule has 2 N–H and O–H groups in total. The van der Waals surface area contributed by atoms with Gasteiger partial charge >= 0.3 is 0 Å². The van der Waals surface area contributed by atoms with Gasteiger partial charge in [0.05, 0.1) is 12.6 Å². The van der Waals surface area contributed by atoms with Crippen LogP contribution in [-0.2, 0) is 4.79 Å². The van der Waals surface area contributed by atoms with E-state index in [9.17, 15) is 14.7 Å². The molecule has 1 aliphatic heterocycles. The number of hydrogen-bond donors (Lipinski definition) is 2. The minimum Gasteiger partial charge on any atom is -0.444 e. The second-order valence-corrected chi connectivity index (χ2v) is 5.74. The number of furan rings is 1. The highest BCUT2D eigenvalue weighted by Crippen LogP contribution is 2.17. The quantitative estimate of drug-likeness (QED) is 0.856. The van der Waals surface area contributed by atoms with Crippen LogP contribution in [0.3, 0.4) is 0 Å². The highest BCUT2D eigenvalue weighted by molar-refractivity contribution is 9.10. The first-order chi connectivity index (χ1) is 9.47. The average Bonchev–Trinajstić information content (AvgIpc) is 2.85. The van der Waals surface area contributed by atoms with Gasteiger partial charge in [0.15, 0.2) is 10.4 Å². The first-order valence-corrected chi connectivity index (χ1v) is 7.26. The van der Waals surface area contributed by atoms with E-state index < -0.39 is 12.0 Å². The van der Waals surface area contributed by atoms with Gasteiger partial charge in [-0.05, 0) is 40.4 Å². The van der Waals surface area contributed by atoms with Crippen molar-refractivity contribution < 1.29 is 19.1 Å². The fourth-order valence-electron chi connectivity index (χ4n) is 2.07. The van der Waals surface area contributed by atoms with E-state index in [1.807, 2.05) is 6.92 Å². The van der Waals surface area contributed by atoms with Gasteiger partial charge in [0.1, 0.15) is 0 Å². The van der Waals surface area contributed by atoms with Crippen molar-refractivity contribution in [3.63, 3.8) is 0 Å². The predicted molar refractivity (Wildman–Crippen MR) is 75.1 cm³/mol. The van der Waals surface area contributed by atoms with Gasteiger partial charge in [0.2, 0.25) is 5.91 Å². The van der Waals surface area contributed by atoms with Crippen molar-refractivity contribution in [1.29, 1.82) is 0 Å². The number of β-amino-alcohol motifs (C(OH)–C–C–N with tert-alkyl or cyclic N) is 1. The van der Waals surface area contributed by atoms with Crippen molar-refractivity contribution in [3.05, 3.63) is 22.6 Å². The molecule has 1 aliphatic rings. The van der Waals surface area contributed by atoms with Crippen molar-refractivity contribution >= 4 is 27.7 Å². The zero-order chi connectivity index (χ0) is 14.7. The predicted octanol–water partition coefficient (Wildman–Crippen LogP) is 1.00. The molecular formula is C13H17BrN2O4. The van der Waals surface area contributed by atoms with E-state index in [0.29, 0.717) is 17.8 Å². The average molecular weight is 345 g/mol. The van der Waals surface area contributed by atoms with Crippen LogP contribution >= 0.6 is 15.9 Å². The normalized spacial score (nSPS) is 22.6. The number of aliphatic hydroxyl groups excluding tert-OH is 1. The molecule has 1 fully saturated rings. The van der Waals surface area contributed by atoms with Gasteiger partial charge < -0.3 is 19.7 Å². The van der Waals surface area contributed by atoms with Crippen LogP contribution in [0, 0.1) is 5.92 Å². The number of rotatable bonds is 3. The van der Waals surface area contributed by atoms with Crippen LogP contribution in [0.2, 0.25) is 0 Å². The lowest BCUT2D eigenvalue weighted by Gasteiger charge is -2.34. The van der Waals surface area contributed by atoms with Gasteiger partial charge in [0.25, 0.3) is 5.91 Å². The molecule has 0 radical (unpaired) electrons. The number of aliphatic hydroxyl groups is 1. The zero-order valence-electron chi connectivity index (χ0n) is 11.1. The van der Waals surface area contributed by atoms with E-state index in [1.54, 1.807) is 11.0 Å². The van der Waals surface area contributed by atoms with Crippen molar-refractivity contribution in [2.45, 2.75) is 19.4 Å². The first-order valence-electron chi connectivity index (χ1n) is 6.46. The molecule has 2 unspecified atom stereocenters. The summed E-state index contributed by atoms with van der Waals surface area (Å²) in [6.45, 7) is 2.79. The first kappa shape index (κ1) is 15.1. The third-order valence-corrected chi connectivity index (χ3v) is 3.89. The van der Waals surface area contributed by atoms with Crippen LogP contribution in [0.4, 0.5) is 0 Å². The molecule has 2 atom stereocenters. The molecule has 0 spiro atoms. The molecule has 2 heterocycles. The van der Waals surface area contributed by atoms with Crippen molar-refractivity contribution in [2.24, 2.45) is 5.92 Å². The third kappa shape index (κ3) is 3.61. The fourth-order valence-corrected chi connectivity index (χ4v) is 2.37. The maximum absolute atomic E-state index is 12.0. The number of nitrogens with one attached hydrogen (secondary N) is 1. The number of carbonyl (C=O) groups excluding carboxylic acids is 2. The van der Waals surface area contributed by atoms with Crippen LogP contribution in [0.25, 0.3) is 0 Å². The molecule has 1 aromatic heterocycles. The van der Waals surface area contributed by atoms with Crippen molar-refractivity contribution in [1.82, 2.24) is 10.2 Å². The Morgan fingerprint density at radius 1 is 1.55 bits per heavy atom. The topological polar surface area (TPSA) is 82.8 Å². The molecule has 110 valence electrons. The van der Waals surface area contributed by atoms with Crippen LogP contribution in [-0.4, -0.2) is 47.6 Å². The standard InChI is InChI=1S/C13H17BrN2O4/c1-8-4-5-16(7-9(8)17)12(18)6-15-13(19)10-2-3-11(14)20-10/h2-3,8-9,17H,4-7H2,1H3,(H,15,19). The molecule has 0 bridgehead atoms. The molecule has 2 rings (SSSR count). The minimum absolute atomic E-state index is 0.0990. The summed E-state index contributed by atoms with van der Waals surface area (Å²) in [6, 6.07) is 3.13. The van der Waals surface area contributed by atoms with Gasteiger partial charge in [0, 0.05) is 13.1 Å². The molecule has 6 nitrogen and oxygen atoms in total. The Morgan fingerprint density at radius 3 is 2.90 bits per heavy atom. The number of nitrogens with zero attached hydrogens (tertiary/aromatic N) is 1. The lowest BCUT2D eigenvalue weighted by Crippen LogP contribution is -2.49. The highest BCUT2D eigenvalue weighted by Gasteiger charge is 2.27. The van der Waals surface area contributed by atoms with Gasteiger partial charge in [-0.15, -0.1) is 0 Å². The molecule has 0 saturated carbocycles. The van der Waals surface area contributed by atoms with Crippen LogP contribution in [0.1, 0.15) is 23.9 Å². The minimum atomic E-state index is -0.496. The molecule has 0 aromatic carbocycles. The number of amides is 2. The molecule has 7 heteroatoms. The van der Waals surface area contributed by atoms with Gasteiger partial charge in [-0.25, -0.2) is 0 Å². The SMILES string of the molecule is CC1CCN(C(=O)CNC(=O)c2ccc(Br)o2)CC1O. The lowest BCUT2D eigenvalue weighted by atomic mass is 9.96. The van der Waals surface area contributed by atoms with Crippen molar-refractivity contribution in [2.75, 3.05) is 19.6 Å². The molecule has 2 amide bonds. The smallest absolute Gasteiger partial charge is 0.287 e. The van der Waals surface area contributed by atoms with E-state index in [1.165, 1.54) is 6.07 Å². The highest BCUT2D eigenvalue weighted by atomic mass is 79.9. The summed E-state index contributed by atoms with van der Waals surface area (Å²) in [5.74, 6) is -0.281. The summed E-state index contributed by atoms with van der Waals surface area (Å²) in [5, 5.41) is 12.3. The van der Waals surface area contributed by atoms with Crippen LogP contribution < -0.4 is 5.32 Å². The van der Waals surface area contributed by atoms with Gasteiger partial charge in [-0.1, -0.05) is 6.92 Å². The van der Waals surface area contributed by atoms with Crippen molar-refractivity contribution in [3.8, 4) is 0 Å². The maximum atomic E-state index is 12.0. The third-order valence-electron chi connectivity index (χ3n) is 3.47. The van der Waals surface area contributed by atoms with Crippen LogP contribution in [0.5, 0.6) is 0 Å². The van der Waals surface area contributed by atoms with E-state index in [0.717, 1.165) is 6.42 Å². The zero-order valence-corrected chi connectivity index (χ0v) is 12.7. The second-order valence-electron chi connectivity index (χ2n) is 4.96. The van der Waals surface area contributed by atoms with Crippen LogP contribution in [0.15, 0.2) is 21.2 Å². The fraction of sp³-hybridized carbons (Fsp3) is 0.538. The number of likely N-dealkylation sites (tertiary alicyclic amines) is 1. The Labute approximate surface area is 125 Å². The summed E-state index contributed by atoms with van der Waals surface area (Å²) >= 11 is 3.11. The Morgan fingerprint density at radius 2 is 2.30 bits per heavy atom. The monoisotopic (exact) mass is 344 g/mol. The number of halogens is 1. The maximum Gasteiger partial charge on any atom is 0.287 e. The molecular weight excluding hydrogens is 328 g/mol. The number of carbonyl (C=O) groups is 2. The Hall–Kier alpha value is -1.34. The number of hydrogen-bond acceptors (Lipinski definition) is 4. The second kappa shape index (κ2) is 6.41. The lowest BCUT2D eigenvalue weighted by molar-refractivity contribution is -0.134. The summed E-state index contributed by atoms with van der Waals surface area (Å²) < 4.78 is 5.55. The largest absolute Gasteiger partial charge is 0.444 e. The Kier molecular flexibility index (Phi) is 4.82. The Balaban J connectivity index is 1.82. The van der Waals surface area contributed by atoms with E-state index >= 15 is 0 Å². The summed E-state index contributed by atoms with van der Waals surface area (Å²) in [6.07, 6.45) is 0.274. The summed E-state index contributed by atoms with van der Waals surface area (Å²) in [7, 11) is 0. The molecule has 1 aromatic rings. The van der Waals surface area contributed by atoms with Gasteiger partial charge in [-0.3, -0.25) is 9.59 Å². The van der Waals surface area contributed by atoms with E-state index in [4.69, 9.17) is 4.42 Å². The van der Waals surface area contributed by atoms with Gasteiger partial charge in [-0.2, -0.15) is 0 Å². The molecule has 0 aliphatic carbocycles. The molecule has 1 saturated heterocycles. The van der Waals surface area contributed by atoms with E-state index in [-0.39, 0.29) is 24.1 Å². The summed E-state index contributed by atoms with van der Waals surface area (Å²) in [5.41, 5.74) is 0. The Bertz CT molecular complexity index is 502.